The molecule has 0 aliphatic rings. The summed E-state index contributed by atoms with van der Waals surface area (Å²) < 4.78 is 4.92. The fourth-order valence-corrected chi connectivity index (χ4v) is 2.25. The zero-order valence-electron chi connectivity index (χ0n) is 10.8. The molecule has 2 amide bonds. The maximum Gasteiger partial charge on any atom is 0.338 e. The van der Waals surface area contributed by atoms with Gasteiger partial charge in [0.05, 0.1) is 5.56 Å². The molecule has 0 fully saturated rings. The van der Waals surface area contributed by atoms with Crippen LogP contribution in [-0.4, -0.2) is 37.4 Å². The van der Waals surface area contributed by atoms with Crippen LogP contribution >= 0.6 is 11.3 Å². The van der Waals surface area contributed by atoms with Gasteiger partial charge in [-0.25, -0.2) is 9.59 Å². The fourth-order valence-electron chi connectivity index (χ4n) is 1.47. The van der Waals surface area contributed by atoms with E-state index in [1.54, 1.807) is 12.5 Å². The van der Waals surface area contributed by atoms with Crippen LogP contribution in [0, 0.1) is 0 Å². The van der Waals surface area contributed by atoms with Crippen molar-refractivity contribution in [3.8, 4) is 0 Å². The number of carboxylic acids is 1. The molecular formula is C12H18N2O4S. The van der Waals surface area contributed by atoms with Gasteiger partial charge in [0, 0.05) is 20.3 Å². The Morgan fingerprint density at radius 2 is 2.16 bits per heavy atom. The lowest BCUT2D eigenvalue weighted by Gasteiger charge is -2.06. The maximum absolute atomic E-state index is 11.5. The van der Waals surface area contributed by atoms with Crippen LogP contribution < -0.4 is 10.6 Å². The first-order chi connectivity index (χ1) is 9.15. The molecule has 0 spiro atoms. The van der Waals surface area contributed by atoms with Crippen molar-refractivity contribution in [3.63, 3.8) is 0 Å². The number of methoxy groups -OCH3 is 1. The van der Waals surface area contributed by atoms with E-state index in [4.69, 9.17) is 9.84 Å². The van der Waals surface area contributed by atoms with Gasteiger partial charge in [0.25, 0.3) is 0 Å². The Labute approximate surface area is 115 Å². The van der Waals surface area contributed by atoms with E-state index in [0.717, 1.165) is 25.9 Å². The largest absolute Gasteiger partial charge is 0.478 e. The lowest BCUT2D eigenvalue weighted by molar-refractivity contribution is 0.0698. The minimum Gasteiger partial charge on any atom is -0.478 e. The van der Waals surface area contributed by atoms with Crippen LogP contribution in [0.3, 0.4) is 0 Å². The first-order valence-electron chi connectivity index (χ1n) is 5.99. The summed E-state index contributed by atoms with van der Waals surface area (Å²) in [4.78, 5) is 22.4. The number of hydrogen-bond donors (Lipinski definition) is 3. The molecule has 0 atom stereocenters. The molecule has 19 heavy (non-hydrogen) atoms. The van der Waals surface area contributed by atoms with Crippen LogP contribution in [0.15, 0.2) is 11.4 Å². The third kappa shape index (κ3) is 5.71. The number of ether oxygens (including phenoxy) is 1. The first kappa shape index (κ1) is 15.5. The summed E-state index contributed by atoms with van der Waals surface area (Å²) in [6.07, 6.45) is 2.81. The number of carboxylic acid groups (broad SMARTS) is 1. The molecule has 6 nitrogen and oxygen atoms in total. The second kappa shape index (κ2) is 8.49. The number of rotatable bonds is 8. The van der Waals surface area contributed by atoms with E-state index in [-0.39, 0.29) is 11.6 Å². The molecule has 0 radical (unpaired) electrons. The lowest BCUT2D eigenvalue weighted by Crippen LogP contribution is -2.29. The summed E-state index contributed by atoms with van der Waals surface area (Å²) >= 11 is 1.19. The van der Waals surface area contributed by atoms with Crippen molar-refractivity contribution in [1.29, 1.82) is 0 Å². The van der Waals surface area contributed by atoms with E-state index in [1.807, 2.05) is 0 Å². The second-order valence-corrected chi connectivity index (χ2v) is 4.82. The van der Waals surface area contributed by atoms with Crippen LogP contribution in [-0.2, 0) is 4.74 Å². The van der Waals surface area contributed by atoms with Gasteiger partial charge >= 0.3 is 12.0 Å². The lowest BCUT2D eigenvalue weighted by atomic mass is 10.2. The highest BCUT2D eigenvalue weighted by molar-refractivity contribution is 7.14. The van der Waals surface area contributed by atoms with Crippen LogP contribution in [0.1, 0.15) is 29.6 Å². The van der Waals surface area contributed by atoms with Gasteiger partial charge in [-0.1, -0.05) is 0 Å². The van der Waals surface area contributed by atoms with Crippen molar-refractivity contribution in [2.75, 3.05) is 25.6 Å². The normalized spacial score (nSPS) is 10.2. The van der Waals surface area contributed by atoms with Crippen molar-refractivity contribution < 1.29 is 19.4 Å². The maximum atomic E-state index is 11.5. The van der Waals surface area contributed by atoms with E-state index in [1.165, 1.54) is 17.4 Å². The molecule has 1 aromatic rings. The number of urea groups is 1. The number of aromatic carboxylic acids is 1. The molecule has 0 saturated heterocycles. The van der Waals surface area contributed by atoms with Crippen molar-refractivity contribution in [1.82, 2.24) is 5.32 Å². The third-order valence-corrected chi connectivity index (χ3v) is 3.26. The van der Waals surface area contributed by atoms with E-state index in [0.29, 0.717) is 11.5 Å². The highest BCUT2D eigenvalue weighted by atomic mass is 32.1. The van der Waals surface area contributed by atoms with E-state index in [2.05, 4.69) is 10.6 Å². The van der Waals surface area contributed by atoms with Gasteiger partial charge in [0.2, 0.25) is 0 Å². The Morgan fingerprint density at radius 1 is 1.37 bits per heavy atom. The summed E-state index contributed by atoms with van der Waals surface area (Å²) in [7, 11) is 1.66. The summed E-state index contributed by atoms with van der Waals surface area (Å²) in [6.45, 7) is 1.28. The van der Waals surface area contributed by atoms with Gasteiger partial charge < -0.3 is 15.2 Å². The molecule has 7 heteroatoms. The molecule has 0 unspecified atom stereocenters. The highest BCUT2D eigenvalue weighted by Crippen LogP contribution is 2.22. The molecule has 1 aromatic heterocycles. The molecule has 0 saturated carbocycles. The summed E-state index contributed by atoms with van der Waals surface area (Å²) in [5.41, 5.74) is 0.111. The van der Waals surface area contributed by atoms with Gasteiger partial charge in [-0.15, -0.1) is 11.3 Å². The smallest absolute Gasteiger partial charge is 0.338 e. The van der Waals surface area contributed by atoms with Crippen LogP contribution in [0.2, 0.25) is 0 Å². The van der Waals surface area contributed by atoms with Crippen LogP contribution in [0.5, 0.6) is 0 Å². The average Bonchev–Trinajstić information content (AvgIpc) is 2.81. The Morgan fingerprint density at radius 3 is 2.84 bits per heavy atom. The fraction of sp³-hybridized carbons (Fsp3) is 0.500. The van der Waals surface area contributed by atoms with Crippen molar-refractivity contribution in [2.45, 2.75) is 19.3 Å². The molecule has 1 heterocycles. The topological polar surface area (TPSA) is 87.7 Å². The molecule has 0 aliphatic carbocycles. The monoisotopic (exact) mass is 286 g/mol. The predicted molar refractivity (Wildman–Crippen MR) is 74.0 cm³/mol. The molecule has 0 aromatic carbocycles. The van der Waals surface area contributed by atoms with Crippen molar-refractivity contribution in [3.05, 3.63) is 17.0 Å². The number of unbranched alkanes of at least 4 members (excludes halogenated alkanes) is 2. The van der Waals surface area contributed by atoms with Gasteiger partial charge in [-0.2, -0.15) is 0 Å². The molecule has 1 rings (SSSR count). The molecule has 0 bridgehead atoms. The number of thiophene rings is 1. The standard InChI is InChI=1S/C12H18N2O4S/c1-18-7-4-2-3-6-13-12(17)14-10-9(11(15)16)5-8-19-10/h5,8H,2-4,6-7H2,1H3,(H,15,16)(H2,13,14,17). The summed E-state index contributed by atoms with van der Waals surface area (Å²) in [5, 5.41) is 16.1. The quantitative estimate of drug-likeness (QED) is 0.640. The highest BCUT2D eigenvalue weighted by Gasteiger charge is 2.13. The summed E-state index contributed by atoms with van der Waals surface area (Å²) in [5.74, 6) is -1.05. The zero-order chi connectivity index (χ0) is 14.1. The van der Waals surface area contributed by atoms with Gasteiger partial charge in [0.15, 0.2) is 0 Å². The van der Waals surface area contributed by atoms with Crippen molar-refractivity contribution in [2.24, 2.45) is 0 Å². The van der Waals surface area contributed by atoms with E-state index >= 15 is 0 Å². The van der Waals surface area contributed by atoms with Gasteiger partial charge in [-0.05, 0) is 30.7 Å². The van der Waals surface area contributed by atoms with Crippen molar-refractivity contribution >= 4 is 28.3 Å². The average molecular weight is 286 g/mol. The van der Waals surface area contributed by atoms with E-state index < -0.39 is 5.97 Å². The molecule has 0 aliphatic heterocycles. The SMILES string of the molecule is COCCCCCNC(=O)Nc1sccc1C(=O)O. The zero-order valence-corrected chi connectivity index (χ0v) is 11.6. The van der Waals surface area contributed by atoms with Crippen LogP contribution in [0.25, 0.3) is 0 Å². The molecule has 106 valence electrons. The Balaban J connectivity index is 2.24. The Bertz CT molecular complexity index is 420. The molecular weight excluding hydrogens is 268 g/mol. The number of nitrogens with one attached hydrogen (secondary N) is 2. The van der Waals surface area contributed by atoms with Gasteiger partial charge in [-0.3, -0.25) is 5.32 Å². The number of hydrogen-bond acceptors (Lipinski definition) is 4. The predicted octanol–water partition coefficient (Wildman–Crippen LogP) is 2.38. The van der Waals surface area contributed by atoms with E-state index in [9.17, 15) is 9.59 Å². The minimum absolute atomic E-state index is 0.111. The third-order valence-electron chi connectivity index (χ3n) is 2.43. The second-order valence-electron chi connectivity index (χ2n) is 3.90. The minimum atomic E-state index is -1.05. The Hall–Kier alpha value is -1.60. The molecule has 3 N–H and O–H groups in total. The number of carbonyl (C=O) groups is 2. The van der Waals surface area contributed by atoms with Gasteiger partial charge in [0.1, 0.15) is 5.00 Å². The Kier molecular flexibility index (Phi) is 6.91. The number of anilines is 1. The summed E-state index contributed by atoms with van der Waals surface area (Å²) in [6, 6.07) is 1.09. The first-order valence-corrected chi connectivity index (χ1v) is 6.87. The number of amides is 2. The van der Waals surface area contributed by atoms with Crippen LogP contribution in [0.4, 0.5) is 9.80 Å². The number of carbonyl (C=O) groups excluding carboxylic acids is 1.